The monoisotopic (exact) mass is 314 g/mol. The number of carbonyl (C=O) groups excluding carboxylic acids is 1. The molecule has 1 aromatic carbocycles. The molecule has 7 nitrogen and oxygen atoms in total. The van der Waals surface area contributed by atoms with Crippen LogP contribution < -0.4 is 16.8 Å². The van der Waals surface area contributed by atoms with Crippen LogP contribution in [0.2, 0.25) is 0 Å². The number of aryl methyl sites for hydroxylation is 1. The number of rotatable bonds is 2. The van der Waals surface area contributed by atoms with E-state index >= 15 is 0 Å². The maximum Gasteiger partial charge on any atom is 0.261 e. The summed E-state index contributed by atoms with van der Waals surface area (Å²) >= 11 is 5.17. The topological polar surface area (TPSA) is 126 Å². The third-order valence-electron chi connectivity index (χ3n) is 3.33. The Morgan fingerprint density at radius 3 is 2.64 bits per heavy atom. The van der Waals surface area contributed by atoms with Gasteiger partial charge in [-0.05, 0) is 19.1 Å². The number of pyridine rings is 1. The molecule has 0 radical (unpaired) electrons. The summed E-state index contributed by atoms with van der Waals surface area (Å²) in [4.78, 5) is 15.3. The lowest BCUT2D eigenvalue weighted by atomic mass is 10.1. The molecule has 0 aliphatic carbocycles. The number of benzene rings is 1. The number of nitrogens with one attached hydrogen (secondary N) is 3. The Kier molecular flexibility index (Phi) is 3.30. The van der Waals surface area contributed by atoms with Gasteiger partial charge in [0.05, 0.1) is 10.9 Å². The fraction of sp³-hybridized carbons (Fsp3) is 0.0714. The maximum atomic E-state index is 12.5. The Balaban J connectivity index is 2.07. The fourth-order valence-corrected chi connectivity index (χ4v) is 2.53. The number of nitrogens with zero attached hydrogens (tertiary/aromatic N) is 1. The molecule has 3 aromatic rings. The van der Waals surface area contributed by atoms with Crippen LogP contribution in [0.15, 0.2) is 24.3 Å². The van der Waals surface area contributed by atoms with Crippen LogP contribution >= 0.6 is 12.2 Å². The Bertz CT molecular complexity index is 925. The van der Waals surface area contributed by atoms with Crippen molar-refractivity contribution in [3.8, 4) is 0 Å². The van der Waals surface area contributed by atoms with Crippen molar-refractivity contribution in [3.63, 3.8) is 0 Å². The summed E-state index contributed by atoms with van der Waals surface area (Å²) in [7, 11) is 0. The second kappa shape index (κ2) is 5.15. The van der Waals surface area contributed by atoms with Crippen molar-refractivity contribution in [2.45, 2.75) is 6.92 Å². The van der Waals surface area contributed by atoms with Gasteiger partial charge in [0.1, 0.15) is 16.0 Å². The van der Waals surface area contributed by atoms with Gasteiger partial charge in [-0.2, -0.15) is 5.10 Å². The van der Waals surface area contributed by atoms with E-state index in [2.05, 4.69) is 20.5 Å². The summed E-state index contributed by atoms with van der Waals surface area (Å²) in [5.41, 5.74) is 14.1. The van der Waals surface area contributed by atoms with E-state index in [9.17, 15) is 4.79 Å². The smallest absolute Gasteiger partial charge is 0.261 e. The van der Waals surface area contributed by atoms with E-state index in [1.807, 2.05) is 31.2 Å². The van der Waals surface area contributed by atoms with Gasteiger partial charge in [0.2, 0.25) is 0 Å². The Labute approximate surface area is 130 Å². The van der Waals surface area contributed by atoms with Crippen LogP contribution in [-0.4, -0.2) is 21.1 Å². The molecule has 0 saturated carbocycles. The SMILES string of the molecule is Cc1ccc(NC(=O)c2c(N)[nH]c(=S)c3c(N)n[nH]c23)cc1. The van der Waals surface area contributed by atoms with Crippen molar-refractivity contribution in [3.05, 3.63) is 40.0 Å². The molecule has 0 atom stereocenters. The molecule has 8 heteroatoms. The molecule has 2 heterocycles. The predicted octanol–water partition coefficient (Wildman–Crippen LogP) is 2.35. The number of amides is 1. The van der Waals surface area contributed by atoms with Crippen molar-refractivity contribution in [1.29, 1.82) is 0 Å². The summed E-state index contributed by atoms with van der Waals surface area (Å²) in [5, 5.41) is 9.87. The van der Waals surface area contributed by atoms with E-state index in [0.717, 1.165) is 5.56 Å². The van der Waals surface area contributed by atoms with Gasteiger partial charge in [0.25, 0.3) is 5.91 Å². The van der Waals surface area contributed by atoms with Crippen molar-refractivity contribution in [2.24, 2.45) is 0 Å². The maximum absolute atomic E-state index is 12.5. The van der Waals surface area contributed by atoms with Crippen LogP contribution in [0.3, 0.4) is 0 Å². The summed E-state index contributed by atoms with van der Waals surface area (Å²) in [6.45, 7) is 1.97. The quantitative estimate of drug-likeness (QED) is 0.464. The van der Waals surface area contributed by atoms with E-state index < -0.39 is 0 Å². The van der Waals surface area contributed by atoms with Crippen molar-refractivity contribution in [1.82, 2.24) is 15.2 Å². The minimum absolute atomic E-state index is 0.158. The van der Waals surface area contributed by atoms with Crippen LogP contribution in [0.1, 0.15) is 15.9 Å². The zero-order chi connectivity index (χ0) is 15.9. The number of carbonyl (C=O) groups is 1. The van der Waals surface area contributed by atoms with Gasteiger partial charge in [0.15, 0.2) is 5.82 Å². The van der Waals surface area contributed by atoms with E-state index in [1.54, 1.807) is 0 Å². The molecule has 0 unspecified atom stereocenters. The van der Waals surface area contributed by atoms with Crippen LogP contribution in [-0.2, 0) is 0 Å². The largest absolute Gasteiger partial charge is 0.385 e. The van der Waals surface area contributed by atoms with Gasteiger partial charge < -0.3 is 21.8 Å². The van der Waals surface area contributed by atoms with Crippen LogP contribution in [0.5, 0.6) is 0 Å². The molecule has 1 amide bonds. The van der Waals surface area contributed by atoms with Crippen molar-refractivity contribution >= 4 is 46.4 Å². The molecular formula is C14H14N6OS. The average Bonchev–Trinajstić information content (AvgIpc) is 2.83. The Morgan fingerprint density at radius 2 is 1.95 bits per heavy atom. The highest BCUT2D eigenvalue weighted by Crippen LogP contribution is 2.26. The first kappa shape index (κ1) is 14.1. The van der Waals surface area contributed by atoms with Crippen LogP contribution in [0, 0.1) is 11.6 Å². The third kappa shape index (κ3) is 2.29. The molecule has 22 heavy (non-hydrogen) atoms. The molecular weight excluding hydrogens is 300 g/mol. The second-order valence-corrected chi connectivity index (χ2v) is 5.33. The van der Waals surface area contributed by atoms with Crippen molar-refractivity contribution < 1.29 is 4.79 Å². The summed E-state index contributed by atoms with van der Waals surface area (Å²) in [6, 6.07) is 7.43. The minimum Gasteiger partial charge on any atom is -0.385 e. The molecule has 0 spiro atoms. The zero-order valence-electron chi connectivity index (χ0n) is 11.7. The Morgan fingerprint density at radius 1 is 1.27 bits per heavy atom. The highest BCUT2D eigenvalue weighted by Gasteiger charge is 2.19. The van der Waals surface area contributed by atoms with Gasteiger partial charge in [-0.15, -0.1) is 0 Å². The summed E-state index contributed by atoms with van der Waals surface area (Å²) in [6.07, 6.45) is 0. The first-order chi connectivity index (χ1) is 10.5. The molecule has 0 fully saturated rings. The fourth-order valence-electron chi connectivity index (χ4n) is 2.22. The predicted molar refractivity (Wildman–Crippen MR) is 89.2 cm³/mol. The van der Waals surface area contributed by atoms with Crippen molar-refractivity contribution in [2.75, 3.05) is 16.8 Å². The zero-order valence-corrected chi connectivity index (χ0v) is 12.5. The van der Waals surface area contributed by atoms with Gasteiger partial charge in [-0.25, -0.2) is 0 Å². The van der Waals surface area contributed by atoms with Gasteiger partial charge in [-0.1, -0.05) is 29.9 Å². The normalized spacial score (nSPS) is 10.8. The number of hydrogen-bond acceptors (Lipinski definition) is 5. The third-order valence-corrected chi connectivity index (χ3v) is 3.63. The average molecular weight is 314 g/mol. The van der Waals surface area contributed by atoms with E-state index in [-0.39, 0.29) is 23.1 Å². The van der Waals surface area contributed by atoms with Crippen LogP contribution in [0.4, 0.5) is 17.3 Å². The molecule has 0 bridgehead atoms. The summed E-state index contributed by atoms with van der Waals surface area (Å²) in [5.74, 6) is 0.00708. The number of nitrogen functional groups attached to an aromatic ring is 2. The molecule has 3 rings (SSSR count). The number of hydrogen-bond donors (Lipinski definition) is 5. The van der Waals surface area contributed by atoms with Crippen LogP contribution in [0.25, 0.3) is 10.9 Å². The molecule has 7 N–H and O–H groups in total. The lowest BCUT2D eigenvalue weighted by Gasteiger charge is -2.09. The highest BCUT2D eigenvalue weighted by atomic mass is 32.1. The van der Waals surface area contributed by atoms with Gasteiger partial charge in [0, 0.05) is 5.69 Å². The van der Waals surface area contributed by atoms with E-state index in [4.69, 9.17) is 23.7 Å². The number of fused-ring (bicyclic) bond motifs is 1. The lowest BCUT2D eigenvalue weighted by molar-refractivity contribution is 0.102. The van der Waals surface area contributed by atoms with E-state index in [0.29, 0.717) is 21.2 Å². The number of nitrogens with two attached hydrogens (primary N) is 2. The number of aromatic nitrogens is 3. The summed E-state index contributed by atoms with van der Waals surface area (Å²) < 4.78 is 0.339. The molecule has 0 aliphatic heterocycles. The first-order valence-corrected chi connectivity index (χ1v) is 6.91. The number of aromatic amines is 2. The molecule has 0 aliphatic rings. The van der Waals surface area contributed by atoms with Gasteiger partial charge >= 0.3 is 0 Å². The first-order valence-electron chi connectivity index (χ1n) is 6.50. The minimum atomic E-state index is -0.374. The lowest BCUT2D eigenvalue weighted by Crippen LogP contribution is -2.16. The molecule has 2 aromatic heterocycles. The standard InChI is InChI=1S/C14H14N6OS/c1-6-2-4-7(5-3-6)17-13(21)8-10-9(12(16)20-19-10)14(22)18-11(8)15/h2-5H,1H3,(H,17,21)(H3,15,18,22)(H3,16,19,20). The number of anilines is 3. The molecule has 0 saturated heterocycles. The highest BCUT2D eigenvalue weighted by molar-refractivity contribution is 7.71. The van der Waals surface area contributed by atoms with E-state index in [1.165, 1.54) is 0 Å². The number of H-pyrrole nitrogens is 2. The molecule has 112 valence electrons. The van der Waals surface area contributed by atoms with Gasteiger partial charge in [-0.3, -0.25) is 9.89 Å². The second-order valence-electron chi connectivity index (χ2n) is 4.92. The Hall–Kier alpha value is -2.87.